The summed E-state index contributed by atoms with van der Waals surface area (Å²) in [6, 6.07) is 5.81. The normalized spacial score (nSPS) is 14.6. The molecule has 0 radical (unpaired) electrons. The molecule has 0 saturated heterocycles. The van der Waals surface area contributed by atoms with Crippen LogP contribution in [0.5, 0.6) is 5.75 Å². The van der Waals surface area contributed by atoms with E-state index in [2.05, 4.69) is 0 Å². The van der Waals surface area contributed by atoms with Crippen LogP contribution in [0.15, 0.2) is 18.2 Å². The summed E-state index contributed by atoms with van der Waals surface area (Å²) < 4.78 is 5.54. The zero-order valence-electron chi connectivity index (χ0n) is 8.54. The Hall–Kier alpha value is -1.31. The van der Waals surface area contributed by atoms with Gasteiger partial charge in [0.05, 0.1) is 6.10 Å². The molecule has 0 aliphatic heterocycles. The van der Waals surface area contributed by atoms with E-state index in [9.17, 15) is 4.79 Å². The highest BCUT2D eigenvalue weighted by Crippen LogP contribution is 2.26. The van der Waals surface area contributed by atoms with Gasteiger partial charge in [-0.05, 0) is 38.0 Å². The lowest BCUT2D eigenvalue weighted by Crippen LogP contribution is -2.06. The van der Waals surface area contributed by atoms with Gasteiger partial charge in [-0.1, -0.05) is 6.07 Å². The molecule has 74 valence electrons. The van der Waals surface area contributed by atoms with E-state index < -0.39 is 0 Å². The van der Waals surface area contributed by atoms with E-state index in [1.54, 1.807) is 0 Å². The van der Waals surface area contributed by atoms with Gasteiger partial charge in [0.15, 0.2) is 5.78 Å². The minimum absolute atomic E-state index is 0.157. The molecule has 0 atom stereocenters. The summed E-state index contributed by atoms with van der Waals surface area (Å²) in [5.74, 6) is 1.04. The Balaban J connectivity index is 2.30. The first kappa shape index (κ1) is 9.25. The molecule has 0 amide bonds. The number of benzene rings is 1. The lowest BCUT2D eigenvalue weighted by Gasteiger charge is -2.10. The highest BCUT2D eigenvalue weighted by molar-refractivity contribution is 6.00. The van der Waals surface area contributed by atoms with E-state index in [0.29, 0.717) is 6.42 Å². The molecule has 0 heterocycles. The summed E-state index contributed by atoms with van der Waals surface area (Å²) in [6.45, 7) is 3.96. The van der Waals surface area contributed by atoms with Gasteiger partial charge in [-0.2, -0.15) is 0 Å². The largest absolute Gasteiger partial charge is 0.491 e. The number of hydrogen-bond donors (Lipinski definition) is 0. The number of ether oxygens (including phenoxy) is 1. The molecule has 2 rings (SSSR count). The third-order valence-corrected chi connectivity index (χ3v) is 2.37. The van der Waals surface area contributed by atoms with Gasteiger partial charge in [0.1, 0.15) is 5.75 Å². The van der Waals surface area contributed by atoms with Crippen LogP contribution >= 0.6 is 0 Å². The lowest BCUT2D eigenvalue weighted by molar-refractivity contribution is 0.0994. The van der Waals surface area contributed by atoms with Crippen LogP contribution in [0.25, 0.3) is 0 Å². The van der Waals surface area contributed by atoms with Gasteiger partial charge >= 0.3 is 0 Å². The average molecular weight is 190 g/mol. The fraction of sp³-hybridized carbons (Fsp3) is 0.417. The molecule has 1 aliphatic carbocycles. The standard InChI is InChI=1S/C12H14O2/c1-8(2)14-10-5-3-9-4-6-12(13)11(9)7-10/h3,5,7-8H,4,6H2,1-2H3. The molecule has 0 bridgehead atoms. The van der Waals surface area contributed by atoms with Crippen LogP contribution in [0.3, 0.4) is 0 Å². The number of hydrogen-bond acceptors (Lipinski definition) is 2. The summed E-state index contributed by atoms with van der Waals surface area (Å²) in [6.07, 6.45) is 1.70. The van der Waals surface area contributed by atoms with Gasteiger partial charge in [0.25, 0.3) is 0 Å². The Morgan fingerprint density at radius 3 is 2.79 bits per heavy atom. The fourth-order valence-electron chi connectivity index (χ4n) is 1.76. The van der Waals surface area contributed by atoms with Gasteiger partial charge < -0.3 is 4.74 Å². The topological polar surface area (TPSA) is 26.3 Å². The Bertz CT molecular complexity index is 367. The van der Waals surface area contributed by atoms with Gasteiger partial charge in [-0.25, -0.2) is 0 Å². The highest BCUT2D eigenvalue weighted by Gasteiger charge is 2.19. The summed E-state index contributed by atoms with van der Waals surface area (Å²) in [5, 5.41) is 0. The molecule has 1 aromatic carbocycles. The van der Waals surface area contributed by atoms with Crippen molar-refractivity contribution in [1.29, 1.82) is 0 Å². The number of aryl methyl sites for hydroxylation is 1. The first-order chi connectivity index (χ1) is 6.66. The number of carbonyl (C=O) groups is 1. The minimum Gasteiger partial charge on any atom is -0.491 e. The maximum Gasteiger partial charge on any atom is 0.163 e. The van der Waals surface area contributed by atoms with Crippen molar-refractivity contribution < 1.29 is 9.53 Å². The quantitative estimate of drug-likeness (QED) is 0.716. The van der Waals surface area contributed by atoms with Gasteiger partial charge in [0, 0.05) is 12.0 Å². The molecule has 0 fully saturated rings. The summed E-state index contributed by atoms with van der Waals surface area (Å²) in [5.41, 5.74) is 2.01. The predicted molar refractivity (Wildman–Crippen MR) is 54.9 cm³/mol. The molecular weight excluding hydrogens is 176 g/mol. The maximum atomic E-state index is 11.4. The molecule has 2 nitrogen and oxygen atoms in total. The molecule has 0 aromatic heterocycles. The average Bonchev–Trinajstić information content (AvgIpc) is 2.47. The number of fused-ring (bicyclic) bond motifs is 1. The third-order valence-electron chi connectivity index (χ3n) is 2.37. The minimum atomic E-state index is 0.157. The first-order valence-electron chi connectivity index (χ1n) is 4.99. The maximum absolute atomic E-state index is 11.4. The molecule has 0 N–H and O–H groups in total. The highest BCUT2D eigenvalue weighted by atomic mass is 16.5. The Morgan fingerprint density at radius 1 is 1.29 bits per heavy atom. The zero-order valence-corrected chi connectivity index (χ0v) is 8.54. The number of carbonyl (C=O) groups excluding carboxylic acids is 1. The molecule has 0 spiro atoms. The number of ketones is 1. The fourth-order valence-corrected chi connectivity index (χ4v) is 1.76. The van der Waals surface area contributed by atoms with Gasteiger partial charge in [-0.3, -0.25) is 4.79 Å². The van der Waals surface area contributed by atoms with E-state index in [0.717, 1.165) is 23.3 Å². The molecule has 14 heavy (non-hydrogen) atoms. The summed E-state index contributed by atoms with van der Waals surface area (Å²) in [4.78, 5) is 11.4. The monoisotopic (exact) mass is 190 g/mol. The van der Waals surface area contributed by atoms with E-state index in [1.807, 2.05) is 32.0 Å². The first-order valence-corrected chi connectivity index (χ1v) is 4.99. The van der Waals surface area contributed by atoms with Gasteiger partial charge in [-0.15, -0.1) is 0 Å². The van der Waals surface area contributed by atoms with Crippen LogP contribution in [0.4, 0.5) is 0 Å². The van der Waals surface area contributed by atoms with Crippen LogP contribution in [0.2, 0.25) is 0 Å². The number of rotatable bonds is 2. The van der Waals surface area contributed by atoms with Crippen molar-refractivity contribution in [3.8, 4) is 5.75 Å². The van der Waals surface area contributed by atoms with Crippen LogP contribution < -0.4 is 4.74 Å². The molecular formula is C12H14O2. The Kier molecular flexibility index (Phi) is 2.28. The van der Waals surface area contributed by atoms with Crippen molar-refractivity contribution in [3.63, 3.8) is 0 Å². The Labute approximate surface area is 83.9 Å². The predicted octanol–water partition coefficient (Wildman–Crippen LogP) is 2.60. The van der Waals surface area contributed by atoms with Crippen molar-refractivity contribution in [2.45, 2.75) is 32.8 Å². The van der Waals surface area contributed by atoms with E-state index in [1.165, 1.54) is 0 Å². The van der Waals surface area contributed by atoms with Crippen LogP contribution in [-0.2, 0) is 6.42 Å². The second kappa shape index (κ2) is 3.45. The smallest absolute Gasteiger partial charge is 0.163 e. The third kappa shape index (κ3) is 1.65. The van der Waals surface area contributed by atoms with E-state index in [-0.39, 0.29) is 11.9 Å². The molecule has 1 aliphatic rings. The second-order valence-corrected chi connectivity index (χ2v) is 3.91. The lowest BCUT2D eigenvalue weighted by atomic mass is 10.1. The van der Waals surface area contributed by atoms with Crippen LogP contribution in [0.1, 0.15) is 36.2 Å². The SMILES string of the molecule is CC(C)Oc1ccc2c(c1)C(=O)CC2. The molecule has 0 unspecified atom stereocenters. The van der Waals surface area contributed by atoms with Crippen molar-refractivity contribution in [3.05, 3.63) is 29.3 Å². The molecule has 2 heteroatoms. The summed E-state index contributed by atoms with van der Waals surface area (Å²) >= 11 is 0. The van der Waals surface area contributed by atoms with Crippen molar-refractivity contribution >= 4 is 5.78 Å². The van der Waals surface area contributed by atoms with E-state index >= 15 is 0 Å². The summed E-state index contributed by atoms with van der Waals surface area (Å²) in [7, 11) is 0. The Morgan fingerprint density at radius 2 is 2.07 bits per heavy atom. The van der Waals surface area contributed by atoms with Crippen LogP contribution in [0, 0.1) is 0 Å². The molecule has 1 aromatic rings. The second-order valence-electron chi connectivity index (χ2n) is 3.91. The van der Waals surface area contributed by atoms with E-state index in [4.69, 9.17) is 4.74 Å². The van der Waals surface area contributed by atoms with Crippen molar-refractivity contribution in [2.24, 2.45) is 0 Å². The van der Waals surface area contributed by atoms with Crippen molar-refractivity contribution in [2.75, 3.05) is 0 Å². The van der Waals surface area contributed by atoms with Crippen LogP contribution in [-0.4, -0.2) is 11.9 Å². The number of Topliss-reactive ketones (excluding diaryl/α,β-unsaturated/α-hetero) is 1. The van der Waals surface area contributed by atoms with Crippen molar-refractivity contribution in [1.82, 2.24) is 0 Å². The zero-order chi connectivity index (χ0) is 10.1. The molecule has 0 saturated carbocycles. The van der Waals surface area contributed by atoms with Gasteiger partial charge in [0.2, 0.25) is 0 Å².